The Bertz CT molecular complexity index is 444. The number of benzene rings is 1. The first-order valence-electron chi connectivity index (χ1n) is 7.45. The Hall–Kier alpha value is -0.870. The molecule has 0 aromatic heterocycles. The number of amides is 1. The lowest BCUT2D eigenvalue weighted by Gasteiger charge is -2.37. The van der Waals surface area contributed by atoms with Gasteiger partial charge in [0.15, 0.2) is 0 Å². The molecule has 1 aliphatic rings. The van der Waals surface area contributed by atoms with Gasteiger partial charge in [-0.1, -0.05) is 41.1 Å². The Morgan fingerprint density at radius 1 is 1.30 bits per heavy atom. The third-order valence-corrected chi connectivity index (χ3v) is 4.56. The summed E-state index contributed by atoms with van der Waals surface area (Å²) in [4.78, 5) is 11.5. The van der Waals surface area contributed by atoms with Gasteiger partial charge >= 0.3 is 0 Å². The summed E-state index contributed by atoms with van der Waals surface area (Å²) >= 11 is 3.61. The molecule has 0 radical (unpaired) electrons. The van der Waals surface area contributed by atoms with E-state index in [1.54, 1.807) is 0 Å². The summed E-state index contributed by atoms with van der Waals surface area (Å²) in [6.45, 7) is 3.63. The minimum Gasteiger partial charge on any atom is -0.356 e. The quantitative estimate of drug-likeness (QED) is 0.801. The fraction of sp³-hybridized carbons (Fsp3) is 0.562. The molecule has 0 bridgehead atoms. The fourth-order valence-electron chi connectivity index (χ4n) is 2.59. The molecule has 4 heteroatoms. The molecular weight excluding hydrogens is 316 g/mol. The Morgan fingerprint density at radius 2 is 2.05 bits per heavy atom. The largest absolute Gasteiger partial charge is 0.356 e. The molecule has 1 aromatic rings. The second kappa shape index (κ2) is 7.79. The molecule has 0 atom stereocenters. The maximum Gasteiger partial charge on any atom is 0.221 e. The van der Waals surface area contributed by atoms with Crippen molar-refractivity contribution in [1.29, 1.82) is 0 Å². The lowest BCUT2D eigenvalue weighted by atomic mass is 9.76. The summed E-state index contributed by atoms with van der Waals surface area (Å²) in [6.07, 6.45) is 3.91. The first-order valence-corrected chi connectivity index (χ1v) is 8.24. The van der Waals surface area contributed by atoms with E-state index in [0.29, 0.717) is 18.4 Å². The van der Waals surface area contributed by atoms with Gasteiger partial charge in [-0.2, -0.15) is 0 Å². The summed E-state index contributed by atoms with van der Waals surface area (Å²) < 4.78 is 1.21. The van der Waals surface area contributed by atoms with Crippen molar-refractivity contribution in [3.63, 3.8) is 0 Å². The van der Waals surface area contributed by atoms with Gasteiger partial charge in [0.25, 0.3) is 0 Å². The van der Waals surface area contributed by atoms with Gasteiger partial charge in [-0.3, -0.25) is 4.79 Å². The zero-order valence-corrected chi connectivity index (χ0v) is 13.6. The van der Waals surface area contributed by atoms with E-state index in [4.69, 9.17) is 0 Å². The number of halogens is 1. The van der Waals surface area contributed by atoms with Crippen LogP contribution in [0.5, 0.6) is 0 Å². The van der Waals surface area contributed by atoms with Crippen molar-refractivity contribution in [2.75, 3.05) is 13.1 Å². The molecule has 0 spiro atoms. The van der Waals surface area contributed by atoms with E-state index < -0.39 is 0 Å². The van der Waals surface area contributed by atoms with Crippen LogP contribution in [0.15, 0.2) is 28.7 Å². The number of nitrogens with one attached hydrogen (secondary N) is 2. The lowest BCUT2D eigenvalue weighted by Crippen LogP contribution is -2.41. The summed E-state index contributed by atoms with van der Waals surface area (Å²) in [5, 5.41) is 6.37. The maximum atomic E-state index is 11.5. The van der Waals surface area contributed by atoms with E-state index in [0.717, 1.165) is 19.5 Å². The third kappa shape index (κ3) is 4.32. The van der Waals surface area contributed by atoms with Gasteiger partial charge in [0.1, 0.15) is 0 Å². The molecule has 0 saturated heterocycles. The minimum atomic E-state index is 0.154. The molecule has 2 N–H and O–H groups in total. The summed E-state index contributed by atoms with van der Waals surface area (Å²) in [6, 6.07) is 9.01. The fourth-order valence-corrected chi connectivity index (χ4v) is 3.20. The third-order valence-electron chi connectivity index (χ3n) is 3.84. The second-order valence-electron chi connectivity index (χ2n) is 5.44. The van der Waals surface area contributed by atoms with Gasteiger partial charge in [-0.05, 0) is 36.8 Å². The predicted molar refractivity (Wildman–Crippen MR) is 85.8 cm³/mol. The SMILES string of the molecule is CCCNC(=O)CCNC1CC(c2ccccc2Br)C1. The molecule has 20 heavy (non-hydrogen) atoms. The average Bonchev–Trinajstić information content (AvgIpc) is 2.40. The zero-order valence-electron chi connectivity index (χ0n) is 12.0. The van der Waals surface area contributed by atoms with Crippen molar-refractivity contribution in [3.05, 3.63) is 34.3 Å². The van der Waals surface area contributed by atoms with Crippen molar-refractivity contribution in [3.8, 4) is 0 Å². The molecule has 0 unspecified atom stereocenters. The minimum absolute atomic E-state index is 0.154. The second-order valence-corrected chi connectivity index (χ2v) is 6.30. The highest BCUT2D eigenvalue weighted by atomic mass is 79.9. The highest BCUT2D eigenvalue weighted by Gasteiger charge is 2.30. The molecule has 3 nitrogen and oxygen atoms in total. The maximum absolute atomic E-state index is 11.5. The Kier molecular flexibility index (Phi) is 6.05. The number of carbonyl (C=O) groups is 1. The molecule has 1 aliphatic carbocycles. The highest BCUT2D eigenvalue weighted by Crippen LogP contribution is 2.39. The number of hydrogen-bond acceptors (Lipinski definition) is 2. The predicted octanol–water partition coefficient (Wildman–Crippen LogP) is 3.20. The van der Waals surface area contributed by atoms with E-state index in [2.05, 4.69) is 57.8 Å². The normalized spacial score (nSPS) is 21.3. The van der Waals surface area contributed by atoms with E-state index in [9.17, 15) is 4.79 Å². The summed E-state index contributed by atoms with van der Waals surface area (Å²) in [7, 11) is 0. The molecule has 1 aromatic carbocycles. The number of carbonyl (C=O) groups excluding carboxylic acids is 1. The van der Waals surface area contributed by atoms with Crippen LogP contribution in [0.3, 0.4) is 0 Å². The van der Waals surface area contributed by atoms with Crippen molar-refractivity contribution in [2.45, 2.75) is 44.6 Å². The van der Waals surface area contributed by atoms with Crippen LogP contribution >= 0.6 is 15.9 Å². The molecule has 110 valence electrons. The highest BCUT2D eigenvalue weighted by molar-refractivity contribution is 9.10. The van der Waals surface area contributed by atoms with E-state index in [1.807, 2.05) is 0 Å². The first-order chi connectivity index (χ1) is 9.70. The topological polar surface area (TPSA) is 41.1 Å². The first kappa shape index (κ1) is 15.5. The molecular formula is C16H23BrN2O. The molecule has 1 amide bonds. The van der Waals surface area contributed by atoms with Gasteiger partial charge in [0.05, 0.1) is 0 Å². The van der Waals surface area contributed by atoms with Gasteiger partial charge in [0.2, 0.25) is 5.91 Å². The molecule has 1 fully saturated rings. The summed E-state index contributed by atoms with van der Waals surface area (Å²) in [5.74, 6) is 0.804. The van der Waals surface area contributed by atoms with Crippen molar-refractivity contribution < 1.29 is 4.79 Å². The number of hydrogen-bond donors (Lipinski definition) is 2. The Balaban J connectivity index is 1.63. The van der Waals surface area contributed by atoms with Crippen LogP contribution < -0.4 is 10.6 Å². The summed E-state index contributed by atoms with van der Waals surface area (Å²) in [5.41, 5.74) is 1.41. The van der Waals surface area contributed by atoms with Crippen LogP contribution in [-0.2, 0) is 4.79 Å². The van der Waals surface area contributed by atoms with Crippen molar-refractivity contribution in [2.24, 2.45) is 0 Å². The smallest absolute Gasteiger partial charge is 0.221 e. The van der Waals surface area contributed by atoms with Crippen LogP contribution in [-0.4, -0.2) is 25.0 Å². The van der Waals surface area contributed by atoms with Crippen LogP contribution in [0.4, 0.5) is 0 Å². The Labute approximate surface area is 129 Å². The van der Waals surface area contributed by atoms with Crippen LogP contribution in [0.25, 0.3) is 0 Å². The molecule has 2 rings (SSSR count). The van der Waals surface area contributed by atoms with Gasteiger partial charge in [-0.25, -0.2) is 0 Å². The van der Waals surface area contributed by atoms with Gasteiger partial charge in [0, 0.05) is 30.0 Å². The molecule has 1 saturated carbocycles. The van der Waals surface area contributed by atoms with Gasteiger partial charge < -0.3 is 10.6 Å². The van der Waals surface area contributed by atoms with Crippen LogP contribution in [0.2, 0.25) is 0 Å². The molecule has 0 aliphatic heterocycles. The average molecular weight is 339 g/mol. The van der Waals surface area contributed by atoms with Crippen LogP contribution in [0.1, 0.15) is 44.1 Å². The number of rotatable bonds is 7. The van der Waals surface area contributed by atoms with Crippen molar-refractivity contribution >= 4 is 21.8 Å². The monoisotopic (exact) mass is 338 g/mol. The van der Waals surface area contributed by atoms with E-state index in [1.165, 1.54) is 22.9 Å². The van der Waals surface area contributed by atoms with E-state index >= 15 is 0 Å². The standard InChI is InChI=1S/C16H23BrN2O/c1-2-8-19-16(20)7-9-18-13-10-12(11-13)14-5-3-4-6-15(14)17/h3-6,12-13,18H,2,7-11H2,1H3,(H,19,20). The molecule has 0 heterocycles. The zero-order chi connectivity index (χ0) is 14.4. The van der Waals surface area contributed by atoms with Crippen LogP contribution in [0, 0.1) is 0 Å². The van der Waals surface area contributed by atoms with E-state index in [-0.39, 0.29) is 5.91 Å². The van der Waals surface area contributed by atoms with Crippen molar-refractivity contribution in [1.82, 2.24) is 10.6 Å². The Morgan fingerprint density at radius 3 is 2.75 bits per heavy atom. The van der Waals surface area contributed by atoms with Gasteiger partial charge in [-0.15, -0.1) is 0 Å². The lowest BCUT2D eigenvalue weighted by molar-refractivity contribution is -0.121.